The molecule has 6 aliphatic rings. The van der Waals surface area contributed by atoms with E-state index in [2.05, 4.69) is 20.6 Å². The second kappa shape index (κ2) is 34.6. The first-order valence-corrected chi connectivity index (χ1v) is 38.1. The second-order valence-corrected chi connectivity index (χ2v) is 31.7. The van der Waals surface area contributed by atoms with Gasteiger partial charge in [-0.15, -0.1) is 0 Å². The van der Waals surface area contributed by atoms with Gasteiger partial charge in [-0.25, -0.2) is 16.8 Å². The molecule has 12 rings (SSSR count). The number of ether oxygens (including phenoxy) is 6. The lowest BCUT2D eigenvalue weighted by atomic mass is 9.96. The van der Waals surface area contributed by atoms with E-state index >= 15 is 0 Å². The Bertz CT molecular complexity index is 4170. The van der Waals surface area contributed by atoms with E-state index < -0.39 is 131 Å². The number of nitrogens with zero attached hydrogens (tertiary/aromatic N) is 4. The van der Waals surface area contributed by atoms with Gasteiger partial charge in [0, 0.05) is 96.4 Å². The first-order chi connectivity index (χ1) is 49.8. The van der Waals surface area contributed by atoms with Crippen molar-refractivity contribution in [3.63, 3.8) is 0 Å². The Kier molecular flexibility index (Phi) is 26.2. The fraction of sp³-hybridized carbons (Fsp3) is 0.500. The summed E-state index contributed by atoms with van der Waals surface area (Å²) in [4.78, 5) is 33.3. The third-order valence-corrected chi connectivity index (χ3v) is 23.5. The maximum absolute atomic E-state index is 13.7. The number of hydrogen-bond donors (Lipinski definition) is 12. The van der Waals surface area contributed by atoms with E-state index in [4.69, 9.17) is 61.8 Å². The second-order valence-electron chi connectivity index (χ2n) is 27.0. The predicted octanol–water partition coefficient (Wildman–Crippen LogP) is 2.82. The molecular weight excluding hydrogens is 1440 g/mol. The third kappa shape index (κ3) is 19.5. The van der Waals surface area contributed by atoms with Crippen molar-refractivity contribution in [3.8, 4) is 33.8 Å². The van der Waals surface area contributed by atoms with Gasteiger partial charge >= 0.3 is 0 Å². The van der Waals surface area contributed by atoms with Crippen molar-refractivity contribution >= 4 is 55.1 Å². The van der Waals surface area contributed by atoms with Gasteiger partial charge in [-0.2, -0.15) is 8.61 Å². The molecule has 2 aliphatic heterocycles. The standard InChI is InChI=1S/C37H46ClN3O11S.C35H42ClN3O11S/c38-30-8-7-26(53(48,49)41-14-10-23(18-41)20-50-22-34(45)40-17-31(43)35(46)36(47)32(44)19-42)15-24(30)21-51-37(11-12-37)29-16-39-13-9-27(29)28-3-1-2-4-33(28)52-25-5-6-25;36-28-8-7-24(51(46,47)39-16-23(17-39)48-20-32(43)38-15-29(41)33(44)34(45)30(42)18-40)13-21(28)19-49-35(10-11-35)27-14-37-12-9-25(27)26-3-1-2-4-31(26)50-22-5-6-22/h1-4,7-9,13,15-16,23,25,31-32,35-36,42-44,46-47H,5-6,10-12,14,17-22H2,(H,40,45);1-4,7-9,12-14,22-23,29-30,33-34,40-42,44-45H,5-6,10-11,15-20H2,(H,38,43)/t23?,31-,32+,35+,36+;29-,30+,33+,34+/m00/s1. The number of rotatable bonds is 37. The van der Waals surface area contributed by atoms with Crippen LogP contribution in [-0.2, 0) is 73.0 Å². The zero-order valence-corrected chi connectivity index (χ0v) is 59.9. The summed E-state index contributed by atoms with van der Waals surface area (Å²) in [6.07, 6.45) is 1.05. The number of sulfonamides is 2. The minimum absolute atomic E-state index is 0.00941. The normalized spacial score (nSPS) is 20.3. The van der Waals surface area contributed by atoms with Crippen LogP contribution in [0.1, 0.15) is 80.0 Å². The number of aromatic nitrogens is 2. The average molecular weight is 1520 g/mol. The van der Waals surface area contributed by atoms with Gasteiger partial charge in [0.1, 0.15) is 61.3 Å². The molecule has 1 unspecified atom stereocenters. The molecule has 12 N–H and O–H groups in total. The van der Waals surface area contributed by atoms with Gasteiger partial charge in [0.2, 0.25) is 31.9 Å². The Labute approximate surface area is 612 Å². The quantitative estimate of drug-likeness (QED) is 0.0267. The summed E-state index contributed by atoms with van der Waals surface area (Å²) in [5.74, 6) is 0.219. The highest BCUT2D eigenvalue weighted by molar-refractivity contribution is 7.89. The van der Waals surface area contributed by atoms with Crippen molar-refractivity contribution in [2.24, 2.45) is 5.92 Å². The van der Waals surface area contributed by atoms with E-state index in [0.717, 1.165) is 96.2 Å². The Morgan fingerprint density at radius 3 is 1.40 bits per heavy atom. The molecule has 2 aromatic heterocycles. The Hall–Kier alpha value is -6.44. The molecule has 0 radical (unpaired) electrons. The highest BCUT2D eigenvalue weighted by Gasteiger charge is 2.50. The molecule has 2 amide bonds. The van der Waals surface area contributed by atoms with E-state index in [1.54, 1.807) is 24.5 Å². The topological polar surface area (TPSA) is 416 Å². The van der Waals surface area contributed by atoms with Crippen LogP contribution in [0.2, 0.25) is 10.0 Å². The molecular formula is C72H88Cl2N6O22S2. The predicted molar refractivity (Wildman–Crippen MR) is 375 cm³/mol. The van der Waals surface area contributed by atoms with Gasteiger partial charge < -0.3 is 90.1 Å². The van der Waals surface area contributed by atoms with Gasteiger partial charge in [-0.05, 0) is 147 Å². The van der Waals surface area contributed by atoms with Crippen molar-refractivity contribution in [2.45, 2.75) is 159 Å². The van der Waals surface area contributed by atoms with Crippen LogP contribution < -0.4 is 20.1 Å². The lowest BCUT2D eigenvalue weighted by molar-refractivity contribution is -0.133. The molecule has 6 fully saturated rings. The number of benzene rings is 4. The maximum Gasteiger partial charge on any atom is 0.246 e. The summed E-state index contributed by atoms with van der Waals surface area (Å²) in [5.41, 5.74) is 5.63. The number of pyridine rings is 2. The Balaban J connectivity index is 0.000000208. The monoisotopic (exact) mass is 1520 g/mol. The number of nitrogens with one attached hydrogen (secondary N) is 2. The van der Waals surface area contributed by atoms with Gasteiger partial charge in [0.15, 0.2) is 0 Å². The van der Waals surface area contributed by atoms with Crippen LogP contribution >= 0.6 is 23.2 Å². The molecule has 4 heterocycles. The van der Waals surface area contributed by atoms with Gasteiger partial charge in [-0.3, -0.25) is 19.6 Å². The van der Waals surface area contributed by atoms with Crippen LogP contribution in [-0.4, -0.2) is 238 Å². The van der Waals surface area contributed by atoms with E-state index in [-0.39, 0.29) is 80.5 Å². The number of carbonyl (C=O) groups excluding carboxylic acids is 2. The zero-order chi connectivity index (χ0) is 74.1. The summed E-state index contributed by atoms with van der Waals surface area (Å²) in [7, 11) is -7.79. The highest BCUT2D eigenvalue weighted by atomic mass is 35.5. The third-order valence-electron chi connectivity index (χ3n) is 19.1. The van der Waals surface area contributed by atoms with Crippen LogP contribution in [0.25, 0.3) is 22.3 Å². The summed E-state index contributed by atoms with van der Waals surface area (Å²) in [6.45, 7) is -2.60. The van der Waals surface area contributed by atoms with Crippen LogP contribution in [0.3, 0.4) is 0 Å². The first-order valence-electron chi connectivity index (χ1n) is 34.5. The first kappa shape index (κ1) is 78.6. The van der Waals surface area contributed by atoms with E-state index in [1.165, 1.54) is 32.9 Å². The van der Waals surface area contributed by atoms with Gasteiger partial charge in [0.05, 0.1) is 84.5 Å². The fourth-order valence-corrected chi connectivity index (χ4v) is 15.6. The molecule has 564 valence electrons. The lowest BCUT2D eigenvalue weighted by Gasteiger charge is -2.37. The van der Waals surface area contributed by atoms with Gasteiger partial charge in [0.25, 0.3) is 0 Å². The molecule has 0 bridgehead atoms. The number of carbonyl (C=O) groups is 2. The number of amides is 2. The molecule has 2 saturated heterocycles. The number of aliphatic hydroxyl groups excluding tert-OH is 10. The minimum atomic E-state index is -3.91. The zero-order valence-electron chi connectivity index (χ0n) is 56.8. The smallest absolute Gasteiger partial charge is 0.246 e. The van der Waals surface area contributed by atoms with E-state index in [1.807, 2.05) is 73.1 Å². The van der Waals surface area contributed by atoms with Crippen LogP contribution in [0.4, 0.5) is 0 Å². The fourth-order valence-electron chi connectivity index (χ4n) is 12.2. The molecule has 6 aromatic rings. The van der Waals surface area contributed by atoms with Crippen LogP contribution in [0.15, 0.2) is 132 Å². The molecule has 4 saturated carbocycles. The Morgan fingerprint density at radius 1 is 0.529 bits per heavy atom. The molecule has 4 aliphatic carbocycles. The molecule has 9 atom stereocenters. The molecule has 32 heteroatoms. The highest BCUT2D eigenvalue weighted by Crippen LogP contribution is 2.55. The molecule has 0 spiro atoms. The number of halogens is 2. The van der Waals surface area contributed by atoms with Crippen LogP contribution in [0, 0.1) is 5.92 Å². The molecule has 28 nitrogen and oxygen atoms in total. The minimum Gasteiger partial charge on any atom is -0.490 e. The SMILES string of the molecule is O=C(COC1CN(S(=O)(=O)c2ccc(Cl)c(COC3(c4cnccc4-c4ccccc4OC4CC4)CC3)c2)C1)NC[C@H](O)[C@@H](O)[C@H](O)[C@H](O)CO.O=C(COCC1CCN(S(=O)(=O)c2ccc(Cl)c(COC3(c4cnccc4-c4ccccc4OC4CC4)CC3)c2)C1)NC[C@H](O)[C@@H](O)[C@H](O)[C@H](O)CO. The number of para-hydroxylation sites is 2. The van der Waals surface area contributed by atoms with Crippen molar-refractivity contribution in [1.82, 2.24) is 29.2 Å². The number of aliphatic hydroxyl groups is 10. The molecule has 4 aromatic carbocycles. The summed E-state index contributed by atoms with van der Waals surface area (Å²) in [6, 6.07) is 28.9. The van der Waals surface area contributed by atoms with Crippen molar-refractivity contribution in [2.75, 3.05) is 72.3 Å². The Morgan fingerprint density at radius 2 is 0.962 bits per heavy atom. The van der Waals surface area contributed by atoms with E-state index in [9.17, 15) is 67.3 Å². The van der Waals surface area contributed by atoms with Crippen molar-refractivity contribution < 1.29 is 106 Å². The van der Waals surface area contributed by atoms with Crippen molar-refractivity contribution in [3.05, 3.63) is 154 Å². The maximum atomic E-state index is 13.7. The summed E-state index contributed by atoms with van der Waals surface area (Å²) < 4.78 is 93.4. The van der Waals surface area contributed by atoms with Crippen molar-refractivity contribution in [1.29, 1.82) is 0 Å². The average Bonchev–Trinajstić information content (AvgIpc) is 1.67. The van der Waals surface area contributed by atoms with Gasteiger partial charge in [-0.1, -0.05) is 59.6 Å². The van der Waals surface area contributed by atoms with E-state index in [0.29, 0.717) is 27.6 Å². The molecule has 104 heavy (non-hydrogen) atoms. The largest absolute Gasteiger partial charge is 0.490 e. The summed E-state index contributed by atoms with van der Waals surface area (Å²) >= 11 is 13.1. The number of hydrogen-bond acceptors (Lipinski definition) is 24. The lowest BCUT2D eigenvalue weighted by Crippen LogP contribution is -2.55. The van der Waals surface area contributed by atoms with Crippen LogP contribution in [0.5, 0.6) is 11.5 Å². The summed E-state index contributed by atoms with van der Waals surface area (Å²) in [5, 5.41) is 101.